The van der Waals surface area contributed by atoms with Gasteiger partial charge in [-0.15, -0.1) is 11.8 Å². The van der Waals surface area contributed by atoms with Crippen LogP contribution >= 0.6 is 23.1 Å². The second kappa shape index (κ2) is 8.36. The Labute approximate surface area is 163 Å². The van der Waals surface area contributed by atoms with Gasteiger partial charge in [0.2, 0.25) is 5.91 Å². The number of fused-ring (bicyclic) bond motifs is 1. The zero-order chi connectivity index (χ0) is 19.4. The van der Waals surface area contributed by atoms with Crippen LogP contribution in [0.3, 0.4) is 0 Å². The summed E-state index contributed by atoms with van der Waals surface area (Å²) in [5.41, 5.74) is 0.836. The number of thiazole rings is 1. The summed E-state index contributed by atoms with van der Waals surface area (Å²) in [6.07, 6.45) is 0.311. The highest BCUT2D eigenvalue weighted by molar-refractivity contribution is 7.99. The van der Waals surface area contributed by atoms with E-state index >= 15 is 0 Å². The SMILES string of the molecule is COc1ccc(SCCC(=O)N=c2sc3cc([N+](=O)[O-])ccc3n2C)cc1. The average molecular weight is 403 g/mol. The molecular formula is C18H17N3O4S2. The fourth-order valence-corrected chi connectivity index (χ4v) is 4.34. The maximum atomic E-state index is 12.2. The quantitative estimate of drug-likeness (QED) is 0.355. The van der Waals surface area contributed by atoms with E-state index in [9.17, 15) is 14.9 Å². The van der Waals surface area contributed by atoms with Crippen molar-refractivity contribution in [2.45, 2.75) is 11.3 Å². The topological polar surface area (TPSA) is 86.7 Å². The van der Waals surface area contributed by atoms with E-state index in [4.69, 9.17) is 4.74 Å². The largest absolute Gasteiger partial charge is 0.497 e. The summed E-state index contributed by atoms with van der Waals surface area (Å²) in [6.45, 7) is 0. The van der Waals surface area contributed by atoms with Gasteiger partial charge < -0.3 is 9.30 Å². The Balaban J connectivity index is 1.68. The molecule has 27 heavy (non-hydrogen) atoms. The number of amides is 1. The summed E-state index contributed by atoms with van der Waals surface area (Å²) in [7, 11) is 3.41. The molecule has 0 radical (unpaired) electrons. The van der Waals surface area contributed by atoms with Gasteiger partial charge in [-0.2, -0.15) is 4.99 Å². The van der Waals surface area contributed by atoms with E-state index < -0.39 is 4.92 Å². The highest BCUT2D eigenvalue weighted by Crippen LogP contribution is 2.23. The number of thioether (sulfide) groups is 1. The van der Waals surface area contributed by atoms with Crippen molar-refractivity contribution in [1.82, 2.24) is 4.57 Å². The molecule has 0 spiro atoms. The molecular weight excluding hydrogens is 386 g/mol. The van der Waals surface area contributed by atoms with E-state index in [1.807, 2.05) is 24.3 Å². The minimum atomic E-state index is -0.433. The van der Waals surface area contributed by atoms with Gasteiger partial charge in [-0.05, 0) is 30.3 Å². The normalized spacial score (nSPS) is 11.7. The first kappa shape index (κ1) is 19.1. The Morgan fingerprint density at radius 3 is 2.70 bits per heavy atom. The molecule has 0 unspecified atom stereocenters. The summed E-state index contributed by atoms with van der Waals surface area (Å²) >= 11 is 2.85. The lowest BCUT2D eigenvalue weighted by atomic mass is 10.3. The summed E-state index contributed by atoms with van der Waals surface area (Å²) < 4.78 is 7.62. The van der Waals surface area contributed by atoms with Gasteiger partial charge >= 0.3 is 0 Å². The van der Waals surface area contributed by atoms with Gasteiger partial charge in [-0.3, -0.25) is 14.9 Å². The van der Waals surface area contributed by atoms with Crippen LogP contribution in [-0.2, 0) is 11.8 Å². The molecule has 2 aromatic carbocycles. The first-order chi connectivity index (χ1) is 13.0. The molecule has 0 aliphatic rings. The van der Waals surface area contributed by atoms with E-state index in [1.54, 1.807) is 36.6 Å². The van der Waals surface area contributed by atoms with E-state index in [0.717, 1.165) is 20.9 Å². The molecule has 3 aromatic rings. The van der Waals surface area contributed by atoms with E-state index in [1.165, 1.54) is 23.5 Å². The average Bonchev–Trinajstić information content (AvgIpc) is 2.97. The molecule has 0 N–H and O–H groups in total. The second-order valence-electron chi connectivity index (χ2n) is 5.63. The third-order valence-corrected chi connectivity index (χ3v) is 5.98. The van der Waals surface area contributed by atoms with Gasteiger partial charge in [0.25, 0.3) is 5.69 Å². The van der Waals surface area contributed by atoms with E-state index in [2.05, 4.69) is 4.99 Å². The van der Waals surface area contributed by atoms with Crippen LogP contribution in [0, 0.1) is 10.1 Å². The monoisotopic (exact) mass is 403 g/mol. The Kier molecular flexibility index (Phi) is 5.92. The molecule has 0 aliphatic carbocycles. The molecule has 7 nitrogen and oxygen atoms in total. The van der Waals surface area contributed by atoms with Gasteiger partial charge in [0.1, 0.15) is 5.75 Å². The lowest BCUT2D eigenvalue weighted by Gasteiger charge is -2.02. The molecule has 0 aliphatic heterocycles. The van der Waals surface area contributed by atoms with Gasteiger partial charge in [0.15, 0.2) is 4.80 Å². The number of rotatable bonds is 6. The van der Waals surface area contributed by atoms with Crippen LogP contribution in [0.2, 0.25) is 0 Å². The van der Waals surface area contributed by atoms with Crippen LogP contribution < -0.4 is 9.54 Å². The number of nitro benzene ring substituents is 1. The van der Waals surface area contributed by atoms with Crippen molar-refractivity contribution < 1.29 is 14.5 Å². The van der Waals surface area contributed by atoms with Gasteiger partial charge in [0, 0.05) is 36.2 Å². The highest BCUT2D eigenvalue weighted by atomic mass is 32.2. The Morgan fingerprint density at radius 2 is 2.04 bits per heavy atom. The molecule has 3 rings (SSSR count). The number of methoxy groups -OCH3 is 1. The summed E-state index contributed by atoms with van der Waals surface area (Å²) in [6, 6.07) is 12.3. The number of benzene rings is 2. The molecule has 0 saturated carbocycles. The number of hydrogen-bond donors (Lipinski definition) is 0. The molecule has 1 heterocycles. The van der Waals surface area contributed by atoms with Crippen LogP contribution in [0.15, 0.2) is 52.4 Å². The third-order valence-electron chi connectivity index (χ3n) is 3.87. The predicted molar refractivity (Wildman–Crippen MR) is 106 cm³/mol. The van der Waals surface area contributed by atoms with Crippen LogP contribution in [0.1, 0.15) is 6.42 Å². The maximum absolute atomic E-state index is 12.2. The Bertz CT molecular complexity index is 1050. The van der Waals surface area contributed by atoms with Crippen LogP contribution in [0.5, 0.6) is 5.75 Å². The molecule has 140 valence electrons. The maximum Gasteiger partial charge on any atom is 0.270 e. The smallest absolute Gasteiger partial charge is 0.270 e. The van der Waals surface area contributed by atoms with Crippen molar-refractivity contribution in [2.75, 3.05) is 12.9 Å². The van der Waals surface area contributed by atoms with Crippen LogP contribution in [0.4, 0.5) is 5.69 Å². The van der Waals surface area contributed by atoms with Crippen LogP contribution in [0.25, 0.3) is 10.2 Å². The lowest BCUT2D eigenvalue weighted by Crippen LogP contribution is -2.13. The van der Waals surface area contributed by atoms with Crippen molar-refractivity contribution in [3.8, 4) is 5.75 Å². The summed E-state index contributed by atoms with van der Waals surface area (Å²) in [5.74, 6) is 1.20. The molecule has 0 atom stereocenters. The van der Waals surface area contributed by atoms with Gasteiger partial charge in [-0.25, -0.2) is 0 Å². The number of carbonyl (C=O) groups excluding carboxylic acids is 1. The number of ether oxygens (including phenoxy) is 1. The first-order valence-electron chi connectivity index (χ1n) is 8.06. The number of nitrogens with zero attached hydrogens (tertiary/aromatic N) is 3. The predicted octanol–water partition coefficient (Wildman–Crippen LogP) is 3.77. The Morgan fingerprint density at radius 1 is 1.30 bits per heavy atom. The van der Waals surface area contributed by atoms with Crippen molar-refractivity contribution in [1.29, 1.82) is 0 Å². The molecule has 0 fully saturated rings. The van der Waals surface area contributed by atoms with E-state index in [0.29, 0.717) is 17.0 Å². The highest BCUT2D eigenvalue weighted by Gasteiger charge is 2.11. The molecule has 0 bridgehead atoms. The minimum Gasteiger partial charge on any atom is -0.497 e. The second-order valence-corrected chi connectivity index (χ2v) is 7.81. The fourth-order valence-electron chi connectivity index (χ4n) is 2.43. The fraction of sp³-hybridized carbons (Fsp3) is 0.222. The zero-order valence-corrected chi connectivity index (χ0v) is 16.4. The van der Waals surface area contributed by atoms with Crippen molar-refractivity contribution in [2.24, 2.45) is 12.0 Å². The van der Waals surface area contributed by atoms with Crippen LogP contribution in [-0.4, -0.2) is 28.3 Å². The number of nitro groups is 1. The van der Waals surface area contributed by atoms with Crippen molar-refractivity contribution >= 4 is 44.9 Å². The molecule has 1 aromatic heterocycles. The van der Waals surface area contributed by atoms with Crippen molar-refractivity contribution in [3.63, 3.8) is 0 Å². The molecule has 0 saturated heterocycles. The number of aromatic nitrogens is 1. The zero-order valence-electron chi connectivity index (χ0n) is 14.7. The Hall–Kier alpha value is -2.65. The van der Waals surface area contributed by atoms with Gasteiger partial charge in [-0.1, -0.05) is 11.3 Å². The number of non-ortho nitro benzene ring substituents is 1. The summed E-state index contributed by atoms with van der Waals surface area (Å²) in [5, 5.41) is 10.9. The van der Waals surface area contributed by atoms with E-state index in [-0.39, 0.29) is 11.6 Å². The lowest BCUT2D eigenvalue weighted by molar-refractivity contribution is -0.384. The first-order valence-corrected chi connectivity index (χ1v) is 9.86. The standard InChI is InChI=1S/C18H17N3O4S2/c1-20-15-8-3-12(21(23)24)11-16(15)27-18(20)19-17(22)9-10-26-14-6-4-13(25-2)5-7-14/h3-8,11H,9-10H2,1-2H3. The molecule has 1 amide bonds. The van der Waals surface area contributed by atoms with Crippen molar-refractivity contribution in [3.05, 3.63) is 57.4 Å². The number of hydrogen-bond acceptors (Lipinski definition) is 6. The van der Waals surface area contributed by atoms with Gasteiger partial charge in [0.05, 0.1) is 22.2 Å². The summed E-state index contributed by atoms with van der Waals surface area (Å²) in [4.78, 5) is 28.4. The minimum absolute atomic E-state index is 0.0260. The number of carbonyl (C=O) groups is 1. The number of aryl methyl sites for hydroxylation is 1. The third kappa shape index (κ3) is 4.55. The molecule has 9 heteroatoms.